The number of amides is 1. The Hall–Kier alpha value is -4.25. The molecule has 4 aromatic rings. The Kier molecular flexibility index (Phi) is 6.85. The molecule has 5 rings (SSSR count). The Morgan fingerprint density at radius 3 is 2.46 bits per heavy atom. The van der Waals surface area contributed by atoms with Crippen molar-refractivity contribution in [1.29, 1.82) is 0 Å². The van der Waals surface area contributed by atoms with Gasteiger partial charge in [0.25, 0.3) is 0 Å². The van der Waals surface area contributed by atoms with Crippen LogP contribution in [-0.2, 0) is 16.0 Å². The minimum atomic E-state index is -0.649. The van der Waals surface area contributed by atoms with E-state index in [1.165, 1.54) is 9.08 Å². The number of morpholine rings is 1. The van der Waals surface area contributed by atoms with Crippen molar-refractivity contribution in [2.24, 2.45) is 0 Å². The fourth-order valence-electron chi connectivity index (χ4n) is 4.84. The van der Waals surface area contributed by atoms with Gasteiger partial charge in [-0.15, -0.1) is 5.10 Å². The number of hydrogen-bond acceptors (Lipinski definition) is 8. The molecule has 0 bridgehead atoms. The number of hydrogen-bond donors (Lipinski definition) is 1. The number of nitrogens with zero attached hydrogens (tertiary/aromatic N) is 6. The van der Waals surface area contributed by atoms with Crippen molar-refractivity contribution >= 4 is 17.7 Å². The van der Waals surface area contributed by atoms with Crippen LogP contribution in [0.3, 0.4) is 0 Å². The molecule has 2 N–H and O–H groups in total. The molecule has 0 radical (unpaired) electrons. The zero-order valence-electron chi connectivity index (χ0n) is 22.8. The van der Waals surface area contributed by atoms with Crippen LogP contribution in [0.4, 0.5) is 10.7 Å². The van der Waals surface area contributed by atoms with Crippen molar-refractivity contribution in [2.45, 2.75) is 52.8 Å². The molecule has 1 aliphatic heterocycles. The lowest BCUT2D eigenvalue weighted by Gasteiger charge is -2.36. The highest BCUT2D eigenvalue weighted by Crippen LogP contribution is 2.34. The van der Waals surface area contributed by atoms with E-state index in [4.69, 9.17) is 20.3 Å². The van der Waals surface area contributed by atoms with E-state index in [-0.39, 0.29) is 19.1 Å². The molecule has 11 heteroatoms. The molecule has 39 heavy (non-hydrogen) atoms. The van der Waals surface area contributed by atoms with Gasteiger partial charge in [-0.3, -0.25) is 9.88 Å². The maximum Gasteiger partial charge on any atom is 0.410 e. The third-order valence-electron chi connectivity index (χ3n) is 6.41. The SMILES string of the molecule is Cc1cc(-c2c(-c3ccccc3)nc(N)n3c(=O)n(CC4COCCN4C(=O)OC(C)(C)C)nc23)cc(C)n1. The van der Waals surface area contributed by atoms with Crippen LogP contribution >= 0.6 is 0 Å². The number of pyridine rings is 1. The molecule has 1 fully saturated rings. The highest BCUT2D eigenvalue weighted by molar-refractivity contribution is 5.90. The van der Waals surface area contributed by atoms with Gasteiger partial charge >= 0.3 is 11.8 Å². The predicted molar refractivity (Wildman–Crippen MR) is 147 cm³/mol. The van der Waals surface area contributed by atoms with E-state index in [0.29, 0.717) is 30.1 Å². The summed E-state index contributed by atoms with van der Waals surface area (Å²) < 4.78 is 13.9. The number of nitrogens with two attached hydrogens (primary N) is 1. The Labute approximate surface area is 226 Å². The standard InChI is InChI=1S/C28H33N7O4/c1-17-13-20(14-18(2)30-17)22-23(19-9-7-6-8-10-19)31-25(29)35-24(22)32-34(26(35)36)15-21-16-38-12-11-33(21)27(37)39-28(3,4)5/h6-10,13-14,21H,11-12,15-16H2,1-5H3,(H2,29,31). The van der Waals surface area contributed by atoms with Crippen LogP contribution in [-0.4, -0.2) is 66.5 Å². The second-order valence-corrected chi connectivity index (χ2v) is 10.7. The van der Waals surface area contributed by atoms with E-state index in [1.54, 1.807) is 4.90 Å². The van der Waals surface area contributed by atoms with E-state index in [1.807, 2.05) is 77.1 Å². The van der Waals surface area contributed by atoms with Crippen LogP contribution < -0.4 is 11.4 Å². The minimum Gasteiger partial charge on any atom is -0.444 e. The first kappa shape index (κ1) is 26.4. The quantitative estimate of drug-likeness (QED) is 0.424. The Morgan fingerprint density at radius 2 is 1.79 bits per heavy atom. The van der Waals surface area contributed by atoms with Gasteiger partial charge in [0.05, 0.1) is 37.1 Å². The number of carbonyl (C=O) groups excluding carboxylic acids is 1. The first-order chi connectivity index (χ1) is 18.5. The highest BCUT2D eigenvalue weighted by atomic mass is 16.6. The average Bonchev–Trinajstić information content (AvgIpc) is 3.19. The molecule has 11 nitrogen and oxygen atoms in total. The number of nitrogen functional groups attached to an aromatic ring is 1. The van der Waals surface area contributed by atoms with E-state index in [2.05, 4.69) is 9.97 Å². The number of benzene rings is 1. The molecule has 1 amide bonds. The first-order valence-corrected chi connectivity index (χ1v) is 12.9. The molecule has 4 heterocycles. The Morgan fingerprint density at radius 1 is 1.10 bits per heavy atom. The number of rotatable bonds is 4. The van der Waals surface area contributed by atoms with Crippen LogP contribution in [0.1, 0.15) is 32.2 Å². The number of fused-ring (bicyclic) bond motifs is 1. The number of anilines is 1. The van der Waals surface area contributed by atoms with Crippen LogP contribution in [0, 0.1) is 13.8 Å². The molecule has 204 valence electrons. The molecule has 0 spiro atoms. The minimum absolute atomic E-state index is 0.0234. The normalized spacial score (nSPS) is 16.0. The van der Waals surface area contributed by atoms with Crippen molar-refractivity contribution in [3.8, 4) is 22.4 Å². The van der Waals surface area contributed by atoms with Crippen LogP contribution in [0.5, 0.6) is 0 Å². The first-order valence-electron chi connectivity index (χ1n) is 12.9. The summed E-state index contributed by atoms with van der Waals surface area (Å²) in [5, 5.41) is 4.75. The summed E-state index contributed by atoms with van der Waals surface area (Å²) in [5.41, 5.74) is 10.2. The zero-order valence-corrected chi connectivity index (χ0v) is 22.8. The molecule has 1 aliphatic rings. The second-order valence-electron chi connectivity index (χ2n) is 10.7. The highest BCUT2D eigenvalue weighted by Gasteiger charge is 2.32. The van der Waals surface area contributed by atoms with Crippen molar-refractivity contribution < 1.29 is 14.3 Å². The molecule has 3 aromatic heterocycles. The lowest BCUT2D eigenvalue weighted by molar-refractivity contribution is -0.0367. The zero-order chi connectivity index (χ0) is 27.9. The van der Waals surface area contributed by atoms with Crippen molar-refractivity contribution in [1.82, 2.24) is 29.0 Å². The fourth-order valence-corrected chi connectivity index (χ4v) is 4.84. The summed E-state index contributed by atoms with van der Waals surface area (Å²) in [6.45, 7) is 10.4. The maximum atomic E-state index is 13.6. The summed E-state index contributed by atoms with van der Waals surface area (Å²) >= 11 is 0. The summed E-state index contributed by atoms with van der Waals surface area (Å²) in [6, 6.07) is 13.1. The average molecular weight is 532 g/mol. The Balaban J connectivity index is 1.65. The molecular formula is C28H33N7O4. The van der Waals surface area contributed by atoms with E-state index in [0.717, 1.165) is 22.5 Å². The molecule has 1 unspecified atom stereocenters. The molecule has 1 saturated heterocycles. The summed E-state index contributed by atoms with van der Waals surface area (Å²) in [5.74, 6) is 0.0234. The molecule has 1 aromatic carbocycles. The summed E-state index contributed by atoms with van der Waals surface area (Å²) in [6.07, 6.45) is -0.455. The predicted octanol–water partition coefficient (Wildman–Crippen LogP) is 3.45. The Bertz CT molecular complexity index is 1570. The van der Waals surface area contributed by atoms with Gasteiger partial charge < -0.3 is 15.2 Å². The van der Waals surface area contributed by atoms with Crippen molar-refractivity contribution in [2.75, 3.05) is 25.5 Å². The monoisotopic (exact) mass is 531 g/mol. The van der Waals surface area contributed by atoms with Gasteiger partial charge in [0.1, 0.15) is 5.60 Å². The summed E-state index contributed by atoms with van der Waals surface area (Å²) in [7, 11) is 0. The van der Waals surface area contributed by atoms with Gasteiger partial charge in [0, 0.05) is 23.5 Å². The molecular weight excluding hydrogens is 498 g/mol. The smallest absolute Gasteiger partial charge is 0.410 e. The molecule has 1 atom stereocenters. The van der Waals surface area contributed by atoms with E-state index < -0.39 is 23.4 Å². The molecule has 0 aliphatic carbocycles. The van der Waals surface area contributed by atoms with Gasteiger partial charge in [-0.05, 0) is 52.3 Å². The topological polar surface area (TPSA) is 130 Å². The van der Waals surface area contributed by atoms with Gasteiger partial charge in [-0.1, -0.05) is 30.3 Å². The lowest BCUT2D eigenvalue weighted by Crippen LogP contribution is -2.52. The number of carbonyl (C=O) groups is 1. The van der Waals surface area contributed by atoms with Gasteiger partial charge in [-0.2, -0.15) is 0 Å². The van der Waals surface area contributed by atoms with E-state index >= 15 is 0 Å². The maximum absolute atomic E-state index is 13.6. The number of aryl methyl sites for hydroxylation is 2. The molecule has 0 saturated carbocycles. The summed E-state index contributed by atoms with van der Waals surface area (Å²) in [4.78, 5) is 37.4. The van der Waals surface area contributed by atoms with Gasteiger partial charge in [0.15, 0.2) is 5.65 Å². The van der Waals surface area contributed by atoms with Gasteiger partial charge in [0.2, 0.25) is 5.95 Å². The van der Waals surface area contributed by atoms with Crippen molar-refractivity contribution in [3.63, 3.8) is 0 Å². The van der Waals surface area contributed by atoms with Crippen molar-refractivity contribution in [3.05, 3.63) is 64.3 Å². The third-order valence-corrected chi connectivity index (χ3v) is 6.41. The number of aromatic nitrogens is 5. The van der Waals surface area contributed by atoms with Gasteiger partial charge in [-0.25, -0.2) is 23.7 Å². The largest absolute Gasteiger partial charge is 0.444 e. The van der Waals surface area contributed by atoms with E-state index in [9.17, 15) is 9.59 Å². The van der Waals surface area contributed by atoms with Crippen LogP contribution in [0.2, 0.25) is 0 Å². The third kappa shape index (κ3) is 5.35. The second kappa shape index (κ2) is 10.1. The lowest BCUT2D eigenvalue weighted by atomic mass is 9.99. The fraction of sp³-hybridized carbons (Fsp3) is 0.393. The number of ether oxygens (including phenoxy) is 2. The van der Waals surface area contributed by atoms with Crippen LogP contribution in [0.25, 0.3) is 28.0 Å². The van der Waals surface area contributed by atoms with Crippen LogP contribution in [0.15, 0.2) is 47.3 Å².